The van der Waals surface area contributed by atoms with Gasteiger partial charge in [0.25, 0.3) is 0 Å². The minimum absolute atomic E-state index is 0.0498. The van der Waals surface area contributed by atoms with Crippen LogP contribution >= 0.6 is 11.6 Å². The molecule has 1 nitrogen and oxygen atoms in total. The van der Waals surface area contributed by atoms with Crippen molar-refractivity contribution in [2.24, 2.45) is 5.92 Å². The third kappa shape index (κ3) is 3.31. The number of hydrogen-bond donors (Lipinski definition) is 0. The normalized spacial score (nSPS) is 12.5. The van der Waals surface area contributed by atoms with E-state index in [2.05, 4.69) is 0 Å². The molecule has 0 N–H and O–H groups in total. The van der Waals surface area contributed by atoms with Gasteiger partial charge < -0.3 is 0 Å². The SMILES string of the molecule is CCC(C)C(=O)Cc1ccc(F)c(Cl)c1. The van der Waals surface area contributed by atoms with Crippen LogP contribution in [-0.2, 0) is 11.2 Å². The van der Waals surface area contributed by atoms with Crippen LogP contribution in [0.25, 0.3) is 0 Å². The lowest BCUT2D eigenvalue weighted by Crippen LogP contribution is -2.12. The zero-order chi connectivity index (χ0) is 11.4. The van der Waals surface area contributed by atoms with Gasteiger partial charge in [-0.3, -0.25) is 4.79 Å². The molecule has 0 spiro atoms. The molecule has 0 aliphatic rings. The van der Waals surface area contributed by atoms with Gasteiger partial charge >= 0.3 is 0 Å². The van der Waals surface area contributed by atoms with Gasteiger partial charge in [0.15, 0.2) is 0 Å². The maximum absolute atomic E-state index is 12.8. The molecule has 0 fully saturated rings. The Morgan fingerprint density at radius 3 is 2.73 bits per heavy atom. The van der Waals surface area contributed by atoms with Crippen molar-refractivity contribution in [3.8, 4) is 0 Å². The second-order valence-electron chi connectivity index (χ2n) is 3.70. The van der Waals surface area contributed by atoms with Crippen molar-refractivity contribution in [1.82, 2.24) is 0 Å². The van der Waals surface area contributed by atoms with Crippen LogP contribution in [0.15, 0.2) is 18.2 Å². The van der Waals surface area contributed by atoms with E-state index in [9.17, 15) is 9.18 Å². The summed E-state index contributed by atoms with van der Waals surface area (Å²) >= 11 is 5.62. The summed E-state index contributed by atoms with van der Waals surface area (Å²) in [5.74, 6) is -0.231. The Kier molecular flexibility index (Phi) is 4.28. The zero-order valence-electron chi connectivity index (χ0n) is 8.89. The summed E-state index contributed by atoms with van der Waals surface area (Å²) in [6, 6.07) is 4.40. The van der Waals surface area contributed by atoms with Gasteiger partial charge in [0, 0.05) is 12.3 Å². The molecule has 0 aromatic heterocycles. The quantitative estimate of drug-likeness (QED) is 0.769. The third-order valence-corrected chi connectivity index (χ3v) is 2.81. The molecule has 0 aliphatic heterocycles. The molecule has 0 saturated carbocycles. The lowest BCUT2D eigenvalue weighted by atomic mass is 9.97. The van der Waals surface area contributed by atoms with Crippen molar-refractivity contribution in [2.75, 3.05) is 0 Å². The number of Topliss-reactive ketones (excluding diaryl/α,β-unsaturated/α-hetero) is 1. The summed E-state index contributed by atoms with van der Waals surface area (Å²) in [7, 11) is 0. The van der Waals surface area contributed by atoms with Crippen LogP contribution in [-0.4, -0.2) is 5.78 Å². The lowest BCUT2D eigenvalue weighted by Gasteiger charge is -2.07. The van der Waals surface area contributed by atoms with Crippen LogP contribution in [0.2, 0.25) is 5.02 Å². The molecule has 1 aromatic carbocycles. The van der Waals surface area contributed by atoms with Crippen molar-refractivity contribution in [1.29, 1.82) is 0 Å². The van der Waals surface area contributed by atoms with Gasteiger partial charge in [-0.1, -0.05) is 31.5 Å². The summed E-state index contributed by atoms with van der Waals surface area (Å²) in [6.45, 7) is 3.87. The molecule has 1 unspecified atom stereocenters. The van der Waals surface area contributed by atoms with Crippen LogP contribution in [0.5, 0.6) is 0 Å². The number of carbonyl (C=O) groups is 1. The first kappa shape index (κ1) is 12.2. The van der Waals surface area contributed by atoms with Crippen LogP contribution in [0.4, 0.5) is 4.39 Å². The summed E-state index contributed by atoms with van der Waals surface area (Å²) < 4.78 is 12.8. The minimum atomic E-state index is -0.448. The summed E-state index contributed by atoms with van der Waals surface area (Å²) in [4.78, 5) is 11.6. The Balaban J connectivity index is 2.73. The van der Waals surface area contributed by atoms with Crippen molar-refractivity contribution in [3.63, 3.8) is 0 Å². The van der Waals surface area contributed by atoms with Crippen molar-refractivity contribution in [3.05, 3.63) is 34.6 Å². The van der Waals surface area contributed by atoms with E-state index in [4.69, 9.17) is 11.6 Å². The molecule has 0 saturated heterocycles. The van der Waals surface area contributed by atoms with Crippen LogP contribution in [0, 0.1) is 11.7 Å². The molecule has 1 rings (SSSR count). The fourth-order valence-corrected chi connectivity index (χ4v) is 1.46. The minimum Gasteiger partial charge on any atom is -0.299 e. The molecule has 0 aliphatic carbocycles. The number of halogens is 2. The Morgan fingerprint density at radius 1 is 1.53 bits per heavy atom. The number of rotatable bonds is 4. The average molecular weight is 229 g/mol. The molecular weight excluding hydrogens is 215 g/mol. The highest BCUT2D eigenvalue weighted by Crippen LogP contribution is 2.17. The predicted molar refractivity (Wildman–Crippen MR) is 59.6 cm³/mol. The molecule has 0 amide bonds. The van der Waals surface area contributed by atoms with Gasteiger partial charge in [-0.25, -0.2) is 4.39 Å². The molecule has 0 bridgehead atoms. The van der Waals surface area contributed by atoms with Crippen LogP contribution in [0.3, 0.4) is 0 Å². The van der Waals surface area contributed by atoms with Crippen molar-refractivity contribution in [2.45, 2.75) is 26.7 Å². The second kappa shape index (κ2) is 5.26. The van der Waals surface area contributed by atoms with E-state index in [1.54, 1.807) is 6.07 Å². The van der Waals surface area contributed by atoms with Crippen molar-refractivity contribution < 1.29 is 9.18 Å². The van der Waals surface area contributed by atoms with E-state index in [0.29, 0.717) is 6.42 Å². The first-order valence-corrected chi connectivity index (χ1v) is 5.39. The molecule has 1 aromatic rings. The van der Waals surface area contributed by atoms with E-state index in [-0.39, 0.29) is 16.7 Å². The highest BCUT2D eigenvalue weighted by atomic mass is 35.5. The standard InChI is InChI=1S/C12H14ClFO/c1-3-8(2)12(15)7-9-4-5-11(14)10(13)6-9/h4-6,8H,3,7H2,1-2H3. The van der Waals surface area contributed by atoms with Gasteiger partial charge in [-0.2, -0.15) is 0 Å². The Bertz CT molecular complexity index is 363. The fraction of sp³-hybridized carbons (Fsp3) is 0.417. The van der Waals surface area contributed by atoms with Gasteiger partial charge in [0.1, 0.15) is 11.6 Å². The number of ketones is 1. The monoisotopic (exact) mass is 228 g/mol. The van der Waals surface area contributed by atoms with Gasteiger partial charge in [-0.15, -0.1) is 0 Å². The zero-order valence-corrected chi connectivity index (χ0v) is 9.64. The molecular formula is C12H14ClFO. The van der Waals surface area contributed by atoms with Gasteiger partial charge in [0.05, 0.1) is 5.02 Å². The topological polar surface area (TPSA) is 17.1 Å². The molecule has 1 atom stereocenters. The summed E-state index contributed by atoms with van der Waals surface area (Å²) in [5.41, 5.74) is 0.770. The first-order chi connectivity index (χ1) is 7.04. The average Bonchev–Trinajstić information content (AvgIpc) is 2.22. The number of carbonyl (C=O) groups excluding carboxylic acids is 1. The van der Waals surface area contributed by atoms with E-state index in [1.165, 1.54) is 12.1 Å². The largest absolute Gasteiger partial charge is 0.299 e. The lowest BCUT2D eigenvalue weighted by molar-refractivity contribution is -0.121. The molecule has 3 heteroatoms. The van der Waals surface area contributed by atoms with Crippen LogP contribution in [0.1, 0.15) is 25.8 Å². The van der Waals surface area contributed by atoms with Crippen LogP contribution < -0.4 is 0 Å². The fourth-order valence-electron chi connectivity index (χ4n) is 1.25. The van der Waals surface area contributed by atoms with Crippen molar-refractivity contribution >= 4 is 17.4 Å². The van der Waals surface area contributed by atoms with Gasteiger partial charge in [-0.05, 0) is 24.1 Å². The van der Waals surface area contributed by atoms with E-state index < -0.39 is 5.82 Å². The first-order valence-electron chi connectivity index (χ1n) is 5.01. The second-order valence-corrected chi connectivity index (χ2v) is 4.11. The molecule has 0 radical (unpaired) electrons. The Labute approximate surface area is 94.3 Å². The predicted octanol–water partition coefficient (Wildman–Crippen LogP) is 3.64. The summed E-state index contributed by atoms with van der Waals surface area (Å²) in [5, 5.41) is 0.0736. The highest BCUT2D eigenvalue weighted by molar-refractivity contribution is 6.30. The molecule has 15 heavy (non-hydrogen) atoms. The van der Waals surface area contributed by atoms with E-state index in [0.717, 1.165) is 12.0 Å². The number of hydrogen-bond acceptors (Lipinski definition) is 1. The smallest absolute Gasteiger partial charge is 0.141 e. The Hall–Kier alpha value is -0.890. The maximum atomic E-state index is 12.8. The number of benzene rings is 1. The molecule has 0 heterocycles. The molecule has 82 valence electrons. The third-order valence-electron chi connectivity index (χ3n) is 2.52. The van der Waals surface area contributed by atoms with Gasteiger partial charge in [0.2, 0.25) is 0 Å². The maximum Gasteiger partial charge on any atom is 0.141 e. The van der Waals surface area contributed by atoms with E-state index in [1.807, 2.05) is 13.8 Å². The Morgan fingerprint density at radius 2 is 2.20 bits per heavy atom. The summed E-state index contributed by atoms with van der Waals surface area (Å²) in [6.07, 6.45) is 1.16. The van der Waals surface area contributed by atoms with E-state index >= 15 is 0 Å². The highest BCUT2D eigenvalue weighted by Gasteiger charge is 2.12.